The summed E-state index contributed by atoms with van der Waals surface area (Å²) in [5, 5.41) is 3.48. The fraction of sp³-hybridized carbons (Fsp3) is 0.833. The summed E-state index contributed by atoms with van der Waals surface area (Å²) >= 11 is 0. The fourth-order valence-electron chi connectivity index (χ4n) is 1.99. The maximum Gasteiger partial charge on any atom is 0.0768 e. The molecular formula is C12H23NO. The lowest BCUT2D eigenvalue weighted by molar-refractivity contribution is 0.0420. The molecule has 0 saturated carbocycles. The van der Waals surface area contributed by atoms with Crippen LogP contribution in [-0.4, -0.2) is 24.8 Å². The van der Waals surface area contributed by atoms with E-state index in [0.717, 1.165) is 6.54 Å². The quantitative estimate of drug-likeness (QED) is 0.699. The summed E-state index contributed by atoms with van der Waals surface area (Å²) in [5.74, 6) is 0. The number of likely N-dealkylation sites (N-methyl/N-ethyl adjacent to an activating group) is 1. The Bertz CT molecular complexity index is 196. The van der Waals surface area contributed by atoms with Crippen molar-refractivity contribution in [1.29, 1.82) is 0 Å². The third-order valence-electron chi connectivity index (χ3n) is 2.62. The van der Waals surface area contributed by atoms with Crippen LogP contribution in [0.3, 0.4) is 0 Å². The molecule has 2 nitrogen and oxygen atoms in total. The number of hydrogen-bond acceptors (Lipinski definition) is 2. The van der Waals surface area contributed by atoms with Gasteiger partial charge in [-0.25, -0.2) is 0 Å². The van der Waals surface area contributed by atoms with E-state index in [-0.39, 0.29) is 0 Å². The lowest BCUT2D eigenvalue weighted by atomic mass is 10.1. The van der Waals surface area contributed by atoms with Gasteiger partial charge in [-0.15, -0.1) is 0 Å². The summed E-state index contributed by atoms with van der Waals surface area (Å²) < 4.78 is 5.87. The molecule has 0 aromatic rings. The lowest BCUT2D eigenvalue weighted by Crippen LogP contribution is -2.38. The number of nitrogens with one attached hydrogen (secondary N) is 1. The first kappa shape index (κ1) is 11.7. The van der Waals surface area contributed by atoms with E-state index in [0.29, 0.717) is 18.2 Å². The summed E-state index contributed by atoms with van der Waals surface area (Å²) in [6.07, 6.45) is 5.48. The highest BCUT2D eigenvalue weighted by Crippen LogP contribution is 2.22. The second-order valence-electron chi connectivity index (χ2n) is 4.39. The predicted molar refractivity (Wildman–Crippen MR) is 60.5 cm³/mol. The predicted octanol–water partition coefficient (Wildman–Crippen LogP) is 2.50. The van der Waals surface area contributed by atoms with Gasteiger partial charge < -0.3 is 10.1 Å². The highest BCUT2D eigenvalue weighted by atomic mass is 16.5. The van der Waals surface area contributed by atoms with Crippen LogP contribution in [0.25, 0.3) is 0 Å². The van der Waals surface area contributed by atoms with Crippen LogP contribution in [0.1, 0.15) is 40.5 Å². The molecule has 0 amide bonds. The number of hydrogen-bond donors (Lipinski definition) is 1. The summed E-state index contributed by atoms with van der Waals surface area (Å²) in [6, 6.07) is 0.398. The normalized spacial score (nSPS) is 28.9. The highest BCUT2D eigenvalue weighted by Gasteiger charge is 2.27. The number of rotatable bonds is 4. The van der Waals surface area contributed by atoms with Gasteiger partial charge in [-0.1, -0.05) is 18.6 Å². The molecule has 1 saturated heterocycles. The molecule has 14 heavy (non-hydrogen) atoms. The van der Waals surface area contributed by atoms with Gasteiger partial charge in [-0.3, -0.25) is 0 Å². The van der Waals surface area contributed by atoms with Crippen molar-refractivity contribution in [3.8, 4) is 0 Å². The van der Waals surface area contributed by atoms with Crippen molar-refractivity contribution in [1.82, 2.24) is 5.32 Å². The summed E-state index contributed by atoms with van der Waals surface area (Å²) in [4.78, 5) is 0. The van der Waals surface area contributed by atoms with Gasteiger partial charge in [0, 0.05) is 0 Å². The van der Waals surface area contributed by atoms with E-state index in [2.05, 4.69) is 39.1 Å². The minimum Gasteiger partial charge on any atom is -0.373 e. The first-order chi connectivity index (χ1) is 6.63. The van der Waals surface area contributed by atoms with Gasteiger partial charge in [0.15, 0.2) is 0 Å². The van der Waals surface area contributed by atoms with Crippen molar-refractivity contribution < 1.29 is 4.74 Å². The van der Waals surface area contributed by atoms with Gasteiger partial charge in [0.1, 0.15) is 0 Å². The van der Waals surface area contributed by atoms with E-state index in [4.69, 9.17) is 4.74 Å². The van der Waals surface area contributed by atoms with Crippen molar-refractivity contribution in [3.63, 3.8) is 0 Å². The highest BCUT2D eigenvalue weighted by molar-refractivity contribution is 5.04. The molecule has 1 aliphatic heterocycles. The van der Waals surface area contributed by atoms with E-state index >= 15 is 0 Å². The molecule has 0 spiro atoms. The van der Waals surface area contributed by atoms with Crippen LogP contribution in [-0.2, 0) is 4.74 Å². The smallest absolute Gasteiger partial charge is 0.0768 e. The van der Waals surface area contributed by atoms with Crippen molar-refractivity contribution in [2.45, 2.75) is 58.8 Å². The summed E-state index contributed by atoms with van der Waals surface area (Å²) in [7, 11) is 0. The molecule has 3 unspecified atom stereocenters. The SMILES string of the molecule is CCNC(C=C(C)C)C1CCC(C)O1. The van der Waals surface area contributed by atoms with Gasteiger partial charge in [0.05, 0.1) is 18.2 Å². The average molecular weight is 197 g/mol. The standard InChI is InChI=1S/C12H23NO/c1-5-13-11(8-9(2)3)12-7-6-10(4)14-12/h8,10-13H,5-7H2,1-4H3. The van der Waals surface area contributed by atoms with Gasteiger partial charge >= 0.3 is 0 Å². The number of allylic oxidation sites excluding steroid dienone is 1. The largest absolute Gasteiger partial charge is 0.373 e. The lowest BCUT2D eigenvalue weighted by Gasteiger charge is -2.21. The molecule has 0 aliphatic carbocycles. The van der Waals surface area contributed by atoms with E-state index in [9.17, 15) is 0 Å². The Morgan fingerprint density at radius 2 is 2.21 bits per heavy atom. The maximum absolute atomic E-state index is 5.87. The van der Waals surface area contributed by atoms with Crippen LogP contribution in [0.2, 0.25) is 0 Å². The summed E-state index contributed by atoms with van der Waals surface area (Å²) in [5.41, 5.74) is 1.36. The Hall–Kier alpha value is -0.340. The van der Waals surface area contributed by atoms with Crippen molar-refractivity contribution >= 4 is 0 Å². The second kappa shape index (κ2) is 5.52. The van der Waals surface area contributed by atoms with Gasteiger partial charge in [-0.05, 0) is 40.2 Å². The molecule has 3 atom stereocenters. The Morgan fingerprint density at radius 1 is 1.50 bits per heavy atom. The van der Waals surface area contributed by atoms with Crippen molar-refractivity contribution in [2.75, 3.05) is 6.54 Å². The minimum absolute atomic E-state index is 0.375. The third kappa shape index (κ3) is 3.43. The van der Waals surface area contributed by atoms with Crippen LogP contribution in [0.15, 0.2) is 11.6 Å². The zero-order valence-electron chi connectivity index (χ0n) is 9.84. The molecule has 0 aromatic carbocycles. The van der Waals surface area contributed by atoms with Crippen LogP contribution >= 0.6 is 0 Å². The Morgan fingerprint density at radius 3 is 2.64 bits per heavy atom. The molecule has 0 bridgehead atoms. The van der Waals surface area contributed by atoms with Gasteiger partial charge in [0.2, 0.25) is 0 Å². The first-order valence-electron chi connectivity index (χ1n) is 5.67. The van der Waals surface area contributed by atoms with Gasteiger partial charge in [-0.2, -0.15) is 0 Å². The molecule has 0 radical (unpaired) electrons. The summed E-state index contributed by atoms with van der Waals surface area (Å²) in [6.45, 7) is 9.59. The van der Waals surface area contributed by atoms with E-state index < -0.39 is 0 Å². The molecule has 1 aliphatic rings. The molecule has 1 N–H and O–H groups in total. The van der Waals surface area contributed by atoms with Crippen LogP contribution in [0, 0.1) is 0 Å². The Kier molecular flexibility index (Phi) is 4.63. The zero-order valence-corrected chi connectivity index (χ0v) is 9.84. The van der Waals surface area contributed by atoms with Gasteiger partial charge in [0.25, 0.3) is 0 Å². The topological polar surface area (TPSA) is 21.3 Å². The first-order valence-corrected chi connectivity index (χ1v) is 5.67. The molecule has 82 valence electrons. The average Bonchev–Trinajstić information content (AvgIpc) is 2.50. The third-order valence-corrected chi connectivity index (χ3v) is 2.62. The molecule has 2 heteroatoms. The minimum atomic E-state index is 0.375. The van der Waals surface area contributed by atoms with Crippen molar-refractivity contribution in [2.24, 2.45) is 0 Å². The molecule has 1 heterocycles. The fourth-order valence-corrected chi connectivity index (χ4v) is 1.99. The van der Waals surface area contributed by atoms with E-state index in [1.54, 1.807) is 0 Å². The Labute approximate surface area is 87.7 Å². The van der Waals surface area contributed by atoms with Crippen LogP contribution in [0.4, 0.5) is 0 Å². The number of ether oxygens (including phenoxy) is 1. The Balaban J connectivity index is 2.54. The zero-order chi connectivity index (χ0) is 10.6. The molecule has 1 fully saturated rings. The van der Waals surface area contributed by atoms with Crippen molar-refractivity contribution in [3.05, 3.63) is 11.6 Å². The van der Waals surface area contributed by atoms with Crippen LogP contribution in [0.5, 0.6) is 0 Å². The van der Waals surface area contributed by atoms with E-state index in [1.165, 1.54) is 18.4 Å². The second-order valence-corrected chi connectivity index (χ2v) is 4.39. The monoisotopic (exact) mass is 197 g/mol. The maximum atomic E-state index is 5.87. The van der Waals surface area contributed by atoms with E-state index in [1.807, 2.05) is 0 Å². The molecule has 1 rings (SSSR count). The van der Waals surface area contributed by atoms with Crippen LogP contribution < -0.4 is 5.32 Å². The molecular weight excluding hydrogens is 174 g/mol. The molecule has 0 aromatic heterocycles.